The van der Waals surface area contributed by atoms with Crippen LogP contribution in [0.4, 0.5) is 0 Å². The molecule has 6 nitrogen and oxygen atoms in total. The van der Waals surface area contributed by atoms with Crippen molar-refractivity contribution in [2.75, 3.05) is 6.54 Å². The van der Waals surface area contributed by atoms with Gasteiger partial charge in [0, 0.05) is 40.6 Å². The summed E-state index contributed by atoms with van der Waals surface area (Å²) in [7, 11) is 1.93. The third-order valence-electron chi connectivity index (χ3n) is 4.98. The summed E-state index contributed by atoms with van der Waals surface area (Å²) in [4.78, 5) is 29.7. The van der Waals surface area contributed by atoms with E-state index in [1.165, 1.54) is 4.90 Å². The molecule has 0 bridgehead atoms. The molecule has 3 aromatic rings. The Morgan fingerprint density at radius 3 is 2.32 bits per heavy atom. The number of hydrogen-bond donors (Lipinski definition) is 0. The van der Waals surface area contributed by atoms with Gasteiger partial charge in [-0.3, -0.25) is 9.59 Å². The van der Waals surface area contributed by atoms with E-state index in [-0.39, 0.29) is 24.4 Å². The number of halogens is 2. The molecule has 0 unspecified atom stereocenters. The first-order chi connectivity index (χ1) is 14.7. The van der Waals surface area contributed by atoms with Crippen LogP contribution in [0.3, 0.4) is 0 Å². The zero-order chi connectivity index (χ0) is 22.5. The maximum Gasteiger partial charge on any atom is 0.254 e. The van der Waals surface area contributed by atoms with Gasteiger partial charge < -0.3 is 18.8 Å². The van der Waals surface area contributed by atoms with Crippen molar-refractivity contribution >= 4 is 35.0 Å². The number of carbonyl (C=O) groups is 2. The van der Waals surface area contributed by atoms with Gasteiger partial charge >= 0.3 is 0 Å². The van der Waals surface area contributed by atoms with Crippen molar-refractivity contribution in [2.45, 2.75) is 33.0 Å². The molecule has 2 amide bonds. The Labute approximate surface area is 191 Å². The molecule has 0 aliphatic rings. The Hall–Kier alpha value is -2.70. The Bertz CT molecular complexity index is 1020. The van der Waals surface area contributed by atoms with Gasteiger partial charge in [0.05, 0.1) is 19.4 Å². The van der Waals surface area contributed by atoms with Crippen LogP contribution in [0.15, 0.2) is 59.3 Å². The van der Waals surface area contributed by atoms with E-state index >= 15 is 0 Å². The second kappa shape index (κ2) is 10.1. The molecule has 0 aliphatic heterocycles. The highest BCUT2D eigenvalue weighted by Gasteiger charge is 2.26. The average Bonchev–Trinajstić information content (AvgIpc) is 3.36. The highest BCUT2D eigenvalue weighted by molar-refractivity contribution is 6.35. The summed E-state index contributed by atoms with van der Waals surface area (Å²) in [6, 6.07) is 12.0. The number of rotatable bonds is 8. The van der Waals surface area contributed by atoms with Gasteiger partial charge in [0.1, 0.15) is 12.3 Å². The number of hydrogen-bond acceptors (Lipinski definition) is 3. The number of carbonyl (C=O) groups excluding carboxylic acids is 2. The van der Waals surface area contributed by atoms with Gasteiger partial charge in [-0.15, -0.1) is 0 Å². The normalized spacial score (nSPS) is 11.0. The molecule has 0 radical (unpaired) electrons. The van der Waals surface area contributed by atoms with Crippen LogP contribution in [0.2, 0.25) is 10.0 Å². The summed E-state index contributed by atoms with van der Waals surface area (Å²) < 4.78 is 7.41. The zero-order valence-corrected chi connectivity index (χ0v) is 19.2. The summed E-state index contributed by atoms with van der Waals surface area (Å²) in [5.74, 6) is 0.184. The molecule has 2 aromatic heterocycles. The lowest BCUT2D eigenvalue weighted by molar-refractivity contribution is -0.133. The molecule has 0 aliphatic carbocycles. The lowest BCUT2D eigenvalue weighted by Crippen LogP contribution is -2.45. The molecular formula is C23H25Cl2N3O3. The van der Waals surface area contributed by atoms with Crippen LogP contribution in [-0.2, 0) is 24.9 Å². The summed E-state index contributed by atoms with van der Waals surface area (Å²) >= 11 is 12.1. The molecule has 1 aromatic carbocycles. The first-order valence-corrected chi connectivity index (χ1v) is 10.7. The van der Waals surface area contributed by atoms with E-state index in [1.54, 1.807) is 35.4 Å². The molecule has 2 heterocycles. The molecule has 0 saturated carbocycles. The maximum atomic E-state index is 13.3. The van der Waals surface area contributed by atoms with Crippen LogP contribution in [0.5, 0.6) is 0 Å². The van der Waals surface area contributed by atoms with Gasteiger partial charge in [0.15, 0.2) is 0 Å². The molecule has 0 atom stereocenters. The van der Waals surface area contributed by atoms with Crippen LogP contribution in [0, 0.1) is 0 Å². The van der Waals surface area contributed by atoms with Crippen molar-refractivity contribution in [3.05, 3.63) is 82.0 Å². The zero-order valence-electron chi connectivity index (χ0n) is 17.7. The summed E-state index contributed by atoms with van der Waals surface area (Å²) in [5.41, 5.74) is 1.32. The Morgan fingerprint density at radius 1 is 1.06 bits per heavy atom. The highest BCUT2D eigenvalue weighted by atomic mass is 35.5. The van der Waals surface area contributed by atoms with E-state index in [9.17, 15) is 9.59 Å². The van der Waals surface area contributed by atoms with E-state index in [1.807, 2.05) is 49.9 Å². The van der Waals surface area contributed by atoms with Gasteiger partial charge in [0.2, 0.25) is 5.91 Å². The number of furan rings is 1. The number of benzene rings is 1. The summed E-state index contributed by atoms with van der Waals surface area (Å²) in [5, 5.41) is 0.739. The second-order valence-electron chi connectivity index (χ2n) is 7.62. The van der Waals surface area contributed by atoms with Crippen LogP contribution < -0.4 is 0 Å². The first kappa shape index (κ1) is 23.0. The van der Waals surface area contributed by atoms with Crippen LogP contribution in [0.1, 0.15) is 35.7 Å². The quantitative estimate of drug-likeness (QED) is 0.473. The lowest BCUT2D eigenvalue weighted by atomic mass is 10.1. The topological polar surface area (TPSA) is 58.7 Å². The molecule has 3 rings (SSSR count). The number of aromatic nitrogens is 1. The van der Waals surface area contributed by atoms with E-state index in [4.69, 9.17) is 27.6 Å². The van der Waals surface area contributed by atoms with Gasteiger partial charge in [-0.25, -0.2) is 0 Å². The van der Waals surface area contributed by atoms with Gasteiger partial charge in [-0.2, -0.15) is 0 Å². The van der Waals surface area contributed by atoms with Gasteiger partial charge in [-0.1, -0.05) is 23.2 Å². The second-order valence-corrected chi connectivity index (χ2v) is 8.50. The third kappa shape index (κ3) is 5.93. The molecule has 0 saturated heterocycles. The molecule has 0 fully saturated rings. The van der Waals surface area contributed by atoms with Crippen molar-refractivity contribution in [3.8, 4) is 0 Å². The third-order valence-corrected chi connectivity index (χ3v) is 5.42. The summed E-state index contributed by atoms with van der Waals surface area (Å²) in [6.45, 7) is 4.36. The van der Waals surface area contributed by atoms with Gasteiger partial charge in [0.25, 0.3) is 5.91 Å². The molecular weight excluding hydrogens is 437 g/mol. The molecule has 0 spiro atoms. The van der Waals surface area contributed by atoms with Crippen molar-refractivity contribution in [1.82, 2.24) is 14.4 Å². The fraction of sp³-hybridized carbons (Fsp3) is 0.304. The monoisotopic (exact) mass is 461 g/mol. The standard InChI is InChI=1S/C23H25Cl2N3O3/c1-16(2)28(23(30)17-10-18(24)12-19(25)11-17)15-22(29)27(14-21-7-5-9-31-21)13-20-6-4-8-26(20)3/h4-12,16H,13-15H2,1-3H3. The van der Waals surface area contributed by atoms with Crippen LogP contribution >= 0.6 is 23.2 Å². The highest BCUT2D eigenvalue weighted by Crippen LogP contribution is 2.21. The Kier molecular flexibility index (Phi) is 7.46. The number of amides is 2. The molecule has 31 heavy (non-hydrogen) atoms. The number of nitrogens with zero attached hydrogens (tertiary/aromatic N) is 3. The van der Waals surface area contributed by atoms with Crippen LogP contribution in [-0.4, -0.2) is 38.8 Å². The molecule has 8 heteroatoms. The van der Waals surface area contributed by atoms with Crippen molar-refractivity contribution < 1.29 is 14.0 Å². The maximum absolute atomic E-state index is 13.3. The lowest BCUT2D eigenvalue weighted by Gasteiger charge is -2.30. The smallest absolute Gasteiger partial charge is 0.254 e. The van der Waals surface area contributed by atoms with Crippen molar-refractivity contribution in [3.63, 3.8) is 0 Å². The fourth-order valence-corrected chi connectivity index (χ4v) is 3.78. The Morgan fingerprint density at radius 2 is 1.77 bits per heavy atom. The largest absolute Gasteiger partial charge is 0.467 e. The van der Waals surface area contributed by atoms with E-state index in [2.05, 4.69) is 0 Å². The van der Waals surface area contributed by atoms with E-state index in [0.717, 1.165) is 5.69 Å². The Balaban J connectivity index is 1.82. The van der Waals surface area contributed by atoms with Crippen molar-refractivity contribution in [2.24, 2.45) is 7.05 Å². The van der Waals surface area contributed by atoms with E-state index in [0.29, 0.717) is 34.5 Å². The predicted octanol–water partition coefficient (Wildman–Crippen LogP) is 5.00. The molecule has 164 valence electrons. The van der Waals surface area contributed by atoms with Crippen LogP contribution in [0.25, 0.3) is 0 Å². The van der Waals surface area contributed by atoms with Crippen molar-refractivity contribution in [1.29, 1.82) is 0 Å². The first-order valence-electron chi connectivity index (χ1n) is 9.92. The van der Waals surface area contributed by atoms with Gasteiger partial charge in [-0.05, 0) is 56.3 Å². The molecule has 0 N–H and O–H groups in total. The fourth-order valence-electron chi connectivity index (χ4n) is 3.26. The minimum atomic E-state index is -0.301. The predicted molar refractivity (Wildman–Crippen MR) is 121 cm³/mol. The minimum Gasteiger partial charge on any atom is -0.467 e. The minimum absolute atomic E-state index is 0.0776. The number of aryl methyl sites for hydroxylation is 1. The average molecular weight is 462 g/mol. The van der Waals surface area contributed by atoms with E-state index < -0.39 is 0 Å². The SMILES string of the molecule is CC(C)N(CC(=O)N(Cc1ccco1)Cc1cccn1C)C(=O)c1cc(Cl)cc(Cl)c1. The summed E-state index contributed by atoms with van der Waals surface area (Å²) in [6.07, 6.45) is 3.51.